The number of benzene rings is 1. The molecule has 14 nitrogen and oxygen atoms in total. The second kappa shape index (κ2) is 22.9. The highest BCUT2D eigenvalue weighted by Crippen LogP contribution is 2.47. The van der Waals surface area contributed by atoms with Gasteiger partial charge in [-0.05, 0) is 129 Å². The van der Waals surface area contributed by atoms with Crippen LogP contribution < -0.4 is 10.6 Å². The van der Waals surface area contributed by atoms with Crippen LogP contribution in [0.1, 0.15) is 113 Å². The van der Waals surface area contributed by atoms with Crippen molar-refractivity contribution in [2.75, 3.05) is 46.2 Å². The fourth-order valence-electron chi connectivity index (χ4n) is 11.1. The molecule has 0 radical (unpaired) electrons. The van der Waals surface area contributed by atoms with Crippen molar-refractivity contribution in [1.82, 2.24) is 15.1 Å². The van der Waals surface area contributed by atoms with E-state index in [0.29, 0.717) is 44.0 Å². The maximum Gasteiger partial charge on any atom is 0.309 e. The van der Waals surface area contributed by atoms with E-state index in [-0.39, 0.29) is 49.2 Å². The largest absolute Gasteiger partial charge is 0.459 e. The van der Waals surface area contributed by atoms with Gasteiger partial charge in [-0.1, -0.05) is 52.3 Å². The van der Waals surface area contributed by atoms with Gasteiger partial charge in [0, 0.05) is 57.4 Å². The molecule has 1 aromatic rings. The van der Waals surface area contributed by atoms with E-state index in [9.17, 15) is 30.3 Å². The van der Waals surface area contributed by atoms with Gasteiger partial charge in [0.2, 0.25) is 0 Å². The summed E-state index contributed by atoms with van der Waals surface area (Å²) in [5.41, 5.74) is -2.19. The average Bonchev–Trinajstić information content (AvgIpc) is 3.23. The second-order valence-electron chi connectivity index (χ2n) is 20.8. The van der Waals surface area contributed by atoms with Gasteiger partial charge in [0.15, 0.2) is 5.11 Å². The van der Waals surface area contributed by atoms with Gasteiger partial charge >= 0.3 is 5.97 Å². The quantitative estimate of drug-likeness (QED) is 0.118. The second-order valence-corrected chi connectivity index (χ2v) is 21.2. The van der Waals surface area contributed by atoms with Crippen molar-refractivity contribution in [2.24, 2.45) is 29.6 Å². The molecule has 3 aliphatic rings. The standard InChI is InChI=1S/C49H86N4O10S/c1-15-41-48(11,58)43(55)34(8)53(21-20-50-46(64)51-36-18-16-28(2)17-19-36)27-29(3)24-49(59,26-40-42(54)39(52(12)13)22-30(4)61-40)38(32(6)31(5)33(7)45(57)63-41)23-37-25-47(10,60-14)44(56)35(9)62-37/h16-19,29-35,37-44,54-56,58-59H,15,20-27H2,1-14H3,(H2,50,51,64)/t29-,30+,31+,32+,33+,34+,35-,37+,38-,39-,40-,41-,42-,43+,44+,47?,48?,49?/m0/s1. The summed E-state index contributed by atoms with van der Waals surface area (Å²) in [5, 5.41) is 68.1. The number of carbonyl (C=O) groups excluding carboxylic acids is 1. The van der Waals surface area contributed by atoms with Crippen LogP contribution in [0.15, 0.2) is 24.3 Å². The lowest BCUT2D eigenvalue weighted by atomic mass is 9.63. The smallest absolute Gasteiger partial charge is 0.309 e. The first-order chi connectivity index (χ1) is 29.8. The molecule has 3 fully saturated rings. The molecule has 0 spiro atoms. The van der Waals surface area contributed by atoms with Crippen LogP contribution in [0.2, 0.25) is 0 Å². The number of hydrogen-bond acceptors (Lipinski definition) is 13. The van der Waals surface area contributed by atoms with Crippen LogP contribution in [-0.4, -0.2) is 165 Å². The van der Waals surface area contributed by atoms with Crippen LogP contribution in [0.3, 0.4) is 0 Å². The van der Waals surface area contributed by atoms with Gasteiger partial charge < -0.3 is 60.0 Å². The van der Waals surface area contributed by atoms with E-state index in [1.807, 2.05) is 98.7 Å². The number of hydrogen-bond donors (Lipinski definition) is 7. The van der Waals surface area contributed by atoms with Crippen LogP contribution in [0.5, 0.6) is 0 Å². The van der Waals surface area contributed by atoms with Gasteiger partial charge in [-0.2, -0.15) is 0 Å². The molecule has 3 unspecified atom stereocenters. The monoisotopic (exact) mass is 923 g/mol. The van der Waals surface area contributed by atoms with Crippen molar-refractivity contribution in [3.63, 3.8) is 0 Å². The number of aryl methyl sites for hydroxylation is 1. The first-order valence-electron chi connectivity index (χ1n) is 23.9. The summed E-state index contributed by atoms with van der Waals surface area (Å²) in [5.74, 6) is -2.50. The number of cyclic esters (lactones) is 1. The summed E-state index contributed by atoms with van der Waals surface area (Å²) in [6.07, 6.45) is -3.86. The Labute approximate surface area is 390 Å². The van der Waals surface area contributed by atoms with Crippen molar-refractivity contribution < 1.29 is 49.3 Å². The molecule has 1 aromatic carbocycles. The third-order valence-corrected chi connectivity index (χ3v) is 15.8. The Morgan fingerprint density at radius 3 is 2.20 bits per heavy atom. The van der Waals surface area contributed by atoms with E-state index in [1.54, 1.807) is 7.11 Å². The van der Waals surface area contributed by atoms with Gasteiger partial charge in [0.1, 0.15) is 23.9 Å². The molecule has 3 saturated heterocycles. The summed E-state index contributed by atoms with van der Waals surface area (Å²) in [7, 11) is 5.49. The number of likely N-dealkylation sites (N-methyl/N-ethyl adjacent to an activating group) is 1. The van der Waals surface area contributed by atoms with E-state index in [2.05, 4.69) is 29.4 Å². The number of esters is 1. The Kier molecular flexibility index (Phi) is 19.5. The first kappa shape index (κ1) is 54.6. The third-order valence-electron chi connectivity index (χ3n) is 15.5. The number of thiocarbonyl (C=S) groups is 1. The third kappa shape index (κ3) is 13.1. The van der Waals surface area contributed by atoms with E-state index in [4.69, 9.17) is 31.2 Å². The lowest BCUT2D eigenvalue weighted by molar-refractivity contribution is -0.226. The molecule has 0 aromatic heterocycles. The van der Waals surface area contributed by atoms with Gasteiger partial charge in [-0.25, -0.2) is 0 Å². The Bertz CT molecular complexity index is 1640. The number of rotatable bonds is 11. The number of aliphatic hydroxyl groups is 5. The lowest BCUT2D eigenvalue weighted by Crippen LogP contribution is -2.60. The summed E-state index contributed by atoms with van der Waals surface area (Å²) in [6.45, 7) is 22.2. The maximum atomic E-state index is 14.2. The summed E-state index contributed by atoms with van der Waals surface area (Å²) >= 11 is 5.67. The number of nitrogens with one attached hydrogen (secondary N) is 2. The molecule has 15 heteroatoms. The Balaban J connectivity index is 1.82. The average molecular weight is 923 g/mol. The van der Waals surface area contributed by atoms with Gasteiger partial charge in [-0.15, -0.1) is 0 Å². The summed E-state index contributed by atoms with van der Waals surface area (Å²) < 4.78 is 25.2. The molecular weight excluding hydrogens is 837 g/mol. The fourth-order valence-corrected chi connectivity index (χ4v) is 11.3. The highest BCUT2D eigenvalue weighted by molar-refractivity contribution is 7.80. The van der Waals surface area contributed by atoms with Gasteiger partial charge in [0.25, 0.3) is 0 Å². The molecule has 18 atom stereocenters. The highest BCUT2D eigenvalue weighted by Gasteiger charge is 2.53. The number of carbonyl (C=O) groups is 1. The van der Waals surface area contributed by atoms with Crippen molar-refractivity contribution in [1.29, 1.82) is 0 Å². The number of anilines is 1. The topological polar surface area (TPSA) is 186 Å². The van der Waals surface area contributed by atoms with Gasteiger partial charge in [-0.3, -0.25) is 9.69 Å². The van der Waals surface area contributed by atoms with Crippen molar-refractivity contribution in [3.8, 4) is 0 Å². The zero-order chi connectivity index (χ0) is 48.1. The Hall–Kier alpha value is -2.02. The zero-order valence-corrected chi connectivity index (χ0v) is 42.2. The van der Waals surface area contributed by atoms with Crippen LogP contribution in [0, 0.1) is 36.5 Å². The Morgan fingerprint density at radius 1 is 0.969 bits per heavy atom. The maximum absolute atomic E-state index is 14.2. The van der Waals surface area contributed by atoms with Crippen molar-refractivity contribution in [3.05, 3.63) is 29.8 Å². The lowest BCUT2D eigenvalue weighted by Gasteiger charge is -2.51. The predicted molar refractivity (Wildman–Crippen MR) is 255 cm³/mol. The molecular formula is C49H86N4O10S. The number of nitrogens with zero attached hydrogens (tertiary/aromatic N) is 2. The van der Waals surface area contributed by atoms with E-state index >= 15 is 0 Å². The fraction of sp³-hybridized carbons (Fsp3) is 0.837. The number of ether oxygens (including phenoxy) is 4. The molecule has 3 heterocycles. The molecule has 4 rings (SSSR count). The Morgan fingerprint density at radius 2 is 1.61 bits per heavy atom. The van der Waals surface area contributed by atoms with Gasteiger partial charge in [0.05, 0.1) is 47.6 Å². The molecule has 0 saturated carbocycles. The molecule has 64 heavy (non-hydrogen) atoms. The summed E-state index contributed by atoms with van der Waals surface area (Å²) in [6, 6.07) is 7.11. The first-order valence-corrected chi connectivity index (χ1v) is 24.3. The van der Waals surface area contributed by atoms with Crippen LogP contribution in [-0.2, 0) is 23.7 Å². The molecule has 0 aliphatic carbocycles. The predicted octanol–water partition coefficient (Wildman–Crippen LogP) is 4.89. The molecule has 0 amide bonds. The molecule has 368 valence electrons. The SMILES string of the molecule is CC[C@@H]1OC(=O)[C@H](C)[C@H](C)[C@@H](C)[C@H](C[C@@H]2CC(C)(OC)[C@H](O)[C@H](C)O2)C(O)(C[C@@H]2O[C@H](C)C[C@H](N(C)C)[C@@H]2O)C[C@H](C)CN(CCNC(=S)Nc2ccc(C)cc2)[C@H](C)[C@@H](O)C1(C)O. The van der Waals surface area contributed by atoms with Crippen LogP contribution >= 0.6 is 12.2 Å². The van der Waals surface area contributed by atoms with E-state index in [1.165, 1.54) is 6.92 Å². The normalized spacial score (nSPS) is 42.3. The van der Waals surface area contributed by atoms with E-state index in [0.717, 1.165) is 11.3 Å². The number of methoxy groups -OCH3 is 1. The van der Waals surface area contributed by atoms with Crippen molar-refractivity contribution in [2.45, 2.75) is 192 Å². The van der Waals surface area contributed by atoms with E-state index < -0.39 is 83.4 Å². The minimum absolute atomic E-state index is 0.117. The molecule has 0 bridgehead atoms. The minimum Gasteiger partial charge on any atom is -0.459 e. The highest BCUT2D eigenvalue weighted by atomic mass is 32.1. The zero-order valence-electron chi connectivity index (χ0n) is 41.4. The summed E-state index contributed by atoms with van der Waals surface area (Å²) in [4.78, 5) is 18.3. The van der Waals surface area contributed by atoms with Crippen LogP contribution in [0.4, 0.5) is 5.69 Å². The number of aliphatic hydroxyl groups excluding tert-OH is 3. The van der Waals surface area contributed by atoms with Crippen LogP contribution in [0.25, 0.3) is 0 Å². The minimum atomic E-state index is -1.80. The molecule has 7 N–H and O–H groups in total. The molecule has 3 aliphatic heterocycles. The van der Waals surface area contributed by atoms with Crippen molar-refractivity contribution >= 4 is 29.0 Å².